The molecule has 2 aromatic carbocycles. The topological polar surface area (TPSA) is 69.4 Å². The van der Waals surface area contributed by atoms with E-state index in [4.69, 9.17) is 16.3 Å². The molecule has 35 heavy (non-hydrogen) atoms. The molecule has 3 aromatic rings. The average Bonchev–Trinajstić information content (AvgIpc) is 3.17. The number of morpholine rings is 1. The summed E-state index contributed by atoms with van der Waals surface area (Å²) < 4.78 is 8.29. The number of halogens is 1. The number of rotatable bonds is 9. The van der Waals surface area contributed by atoms with E-state index in [-0.39, 0.29) is 18.0 Å². The second-order valence-corrected chi connectivity index (χ2v) is 9.96. The van der Waals surface area contributed by atoms with E-state index in [0.717, 1.165) is 52.1 Å². The minimum atomic E-state index is -0.317. The zero-order chi connectivity index (χ0) is 24.2. The maximum atomic E-state index is 13.4. The van der Waals surface area contributed by atoms with Crippen molar-refractivity contribution in [2.45, 2.75) is 38.6 Å². The van der Waals surface area contributed by atoms with Gasteiger partial charge in [0.2, 0.25) is 0 Å². The summed E-state index contributed by atoms with van der Waals surface area (Å²) in [4.78, 5) is 28.6. The van der Waals surface area contributed by atoms with Crippen molar-refractivity contribution in [3.63, 3.8) is 0 Å². The summed E-state index contributed by atoms with van der Waals surface area (Å²) >= 11 is 6.22. The molecule has 2 heterocycles. The molecule has 1 aliphatic heterocycles. The predicted octanol–water partition coefficient (Wildman–Crippen LogP) is 3.99. The molecule has 1 saturated heterocycles. The van der Waals surface area contributed by atoms with Gasteiger partial charge in [0.25, 0.3) is 0 Å². The van der Waals surface area contributed by atoms with Crippen LogP contribution in [-0.4, -0.2) is 57.9 Å². The lowest BCUT2D eigenvalue weighted by Crippen LogP contribution is -2.37. The number of hydrogen-bond donors (Lipinski definition) is 0. The monoisotopic (exact) mass is 494 g/mol. The molecule has 184 valence electrons. The van der Waals surface area contributed by atoms with E-state index in [1.165, 1.54) is 21.2 Å². The highest BCUT2D eigenvalue weighted by Crippen LogP contribution is 2.30. The van der Waals surface area contributed by atoms with Crippen molar-refractivity contribution in [1.82, 2.24) is 19.2 Å². The second-order valence-electron chi connectivity index (χ2n) is 9.52. The molecular weight excluding hydrogens is 464 g/mol. The lowest BCUT2D eigenvalue weighted by Gasteiger charge is -2.26. The fraction of sp³-hybridized carbons (Fsp3) is 0.444. The molecule has 2 aliphatic rings. The standard InChI is InChI=1S/C27H31ClN4O3/c28-23-6-2-5-22(18-23)26-29-32(27(34)31(26)19-25(33)17-21-3-1-4-21)24-9-7-20(8-10-24)11-12-30-13-15-35-16-14-30/h2,5-10,18,21H,1,3-4,11-17,19H2. The molecule has 8 heteroatoms. The van der Waals surface area contributed by atoms with Crippen molar-refractivity contribution in [2.75, 3.05) is 32.8 Å². The minimum absolute atomic E-state index is 0.0226. The first kappa shape index (κ1) is 24.0. The summed E-state index contributed by atoms with van der Waals surface area (Å²) in [6.45, 7) is 4.53. The molecule has 0 spiro atoms. The SMILES string of the molecule is O=C(CC1CCC1)Cn1c(-c2cccc(Cl)c2)nn(-c2ccc(CCN3CCOCC3)cc2)c1=O. The summed E-state index contributed by atoms with van der Waals surface area (Å²) in [5.74, 6) is 0.974. The first-order valence-corrected chi connectivity index (χ1v) is 12.8. The number of carbonyl (C=O) groups is 1. The summed E-state index contributed by atoms with van der Waals surface area (Å²) in [7, 11) is 0. The van der Waals surface area contributed by atoms with Crippen LogP contribution in [0.3, 0.4) is 0 Å². The van der Waals surface area contributed by atoms with Crippen LogP contribution >= 0.6 is 11.6 Å². The van der Waals surface area contributed by atoms with Crippen molar-refractivity contribution >= 4 is 17.4 Å². The first-order chi connectivity index (χ1) is 17.1. The van der Waals surface area contributed by atoms with Crippen LogP contribution in [0.1, 0.15) is 31.2 Å². The van der Waals surface area contributed by atoms with E-state index >= 15 is 0 Å². The molecule has 0 unspecified atom stereocenters. The molecule has 1 aromatic heterocycles. The van der Waals surface area contributed by atoms with Gasteiger partial charge in [0.15, 0.2) is 11.6 Å². The number of Topliss-reactive ketones (excluding diaryl/α,β-unsaturated/α-hetero) is 1. The highest BCUT2D eigenvalue weighted by atomic mass is 35.5. The van der Waals surface area contributed by atoms with Gasteiger partial charge in [-0.3, -0.25) is 14.3 Å². The minimum Gasteiger partial charge on any atom is -0.379 e. The van der Waals surface area contributed by atoms with Crippen LogP contribution in [0.15, 0.2) is 53.3 Å². The fourth-order valence-electron chi connectivity index (χ4n) is 4.72. The first-order valence-electron chi connectivity index (χ1n) is 12.4. The zero-order valence-electron chi connectivity index (χ0n) is 19.9. The highest BCUT2D eigenvalue weighted by molar-refractivity contribution is 6.30. The molecule has 1 aliphatic carbocycles. The Morgan fingerprint density at radius 1 is 1.09 bits per heavy atom. The molecule has 7 nitrogen and oxygen atoms in total. The molecule has 0 amide bonds. The number of aromatic nitrogens is 3. The van der Waals surface area contributed by atoms with Gasteiger partial charge in [-0.2, -0.15) is 4.68 Å². The molecule has 1 saturated carbocycles. The second kappa shape index (κ2) is 10.9. The van der Waals surface area contributed by atoms with Crippen LogP contribution < -0.4 is 5.69 Å². The van der Waals surface area contributed by atoms with Crippen molar-refractivity contribution in [3.8, 4) is 17.1 Å². The van der Waals surface area contributed by atoms with E-state index in [0.29, 0.717) is 34.4 Å². The number of ether oxygens (including phenoxy) is 1. The largest absolute Gasteiger partial charge is 0.379 e. The number of hydrogen-bond acceptors (Lipinski definition) is 5. The molecule has 0 N–H and O–H groups in total. The van der Waals surface area contributed by atoms with Gasteiger partial charge in [-0.15, -0.1) is 5.10 Å². The third kappa shape index (κ3) is 5.74. The summed E-state index contributed by atoms with van der Waals surface area (Å²) in [5, 5.41) is 5.20. The fourth-order valence-corrected chi connectivity index (χ4v) is 4.91. The third-order valence-electron chi connectivity index (χ3n) is 7.02. The molecule has 5 rings (SSSR count). The lowest BCUT2D eigenvalue weighted by atomic mass is 9.82. The van der Waals surface area contributed by atoms with Gasteiger partial charge < -0.3 is 4.74 Å². The quantitative estimate of drug-likeness (QED) is 0.450. The van der Waals surface area contributed by atoms with Crippen molar-refractivity contribution in [3.05, 3.63) is 69.6 Å². The average molecular weight is 495 g/mol. The van der Waals surface area contributed by atoms with Crippen LogP contribution in [0.2, 0.25) is 5.02 Å². The normalized spacial score (nSPS) is 16.8. The van der Waals surface area contributed by atoms with Gasteiger partial charge in [0.05, 0.1) is 25.4 Å². The van der Waals surface area contributed by atoms with E-state index in [2.05, 4.69) is 10.00 Å². The van der Waals surface area contributed by atoms with Crippen LogP contribution in [0, 0.1) is 5.92 Å². The van der Waals surface area contributed by atoms with E-state index in [1.54, 1.807) is 12.1 Å². The van der Waals surface area contributed by atoms with Gasteiger partial charge in [-0.25, -0.2) is 4.79 Å². The number of carbonyl (C=O) groups excluding carboxylic acids is 1. The smallest absolute Gasteiger partial charge is 0.351 e. The van der Waals surface area contributed by atoms with E-state index < -0.39 is 0 Å². The maximum Gasteiger partial charge on any atom is 0.351 e. The van der Waals surface area contributed by atoms with Crippen LogP contribution in [0.25, 0.3) is 17.1 Å². The Morgan fingerprint density at radius 3 is 2.54 bits per heavy atom. The molecule has 0 bridgehead atoms. The third-order valence-corrected chi connectivity index (χ3v) is 7.26. The Labute approximate surface area is 210 Å². The molecule has 2 fully saturated rings. The van der Waals surface area contributed by atoms with Gasteiger partial charge in [-0.1, -0.05) is 55.1 Å². The van der Waals surface area contributed by atoms with Crippen LogP contribution in [-0.2, 0) is 22.5 Å². The summed E-state index contributed by atoms with van der Waals surface area (Å²) in [6, 6.07) is 15.2. The Balaban J connectivity index is 1.39. The van der Waals surface area contributed by atoms with Crippen molar-refractivity contribution < 1.29 is 9.53 Å². The molecular formula is C27H31ClN4O3. The number of nitrogens with zero attached hydrogens (tertiary/aromatic N) is 4. The lowest BCUT2D eigenvalue weighted by molar-refractivity contribution is -0.121. The van der Waals surface area contributed by atoms with Gasteiger partial charge in [-0.05, 0) is 42.2 Å². The number of benzene rings is 2. The zero-order valence-corrected chi connectivity index (χ0v) is 20.6. The van der Waals surface area contributed by atoms with E-state index in [1.807, 2.05) is 36.4 Å². The molecule has 0 radical (unpaired) electrons. The molecule has 0 atom stereocenters. The van der Waals surface area contributed by atoms with Crippen molar-refractivity contribution in [2.24, 2.45) is 5.92 Å². The van der Waals surface area contributed by atoms with E-state index in [9.17, 15) is 9.59 Å². The van der Waals surface area contributed by atoms with Crippen LogP contribution in [0.4, 0.5) is 0 Å². The van der Waals surface area contributed by atoms with Crippen molar-refractivity contribution in [1.29, 1.82) is 0 Å². The predicted molar refractivity (Wildman–Crippen MR) is 136 cm³/mol. The van der Waals surface area contributed by atoms with Crippen LogP contribution in [0.5, 0.6) is 0 Å². The van der Waals surface area contributed by atoms with Gasteiger partial charge in [0.1, 0.15) is 0 Å². The number of ketones is 1. The van der Waals surface area contributed by atoms with Gasteiger partial charge in [0, 0.05) is 36.6 Å². The Morgan fingerprint density at radius 2 is 1.86 bits per heavy atom. The van der Waals surface area contributed by atoms with Gasteiger partial charge >= 0.3 is 5.69 Å². The summed E-state index contributed by atoms with van der Waals surface area (Å²) in [6.07, 6.45) is 4.83. The summed E-state index contributed by atoms with van der Waals surface area (Å²) in [5.41, 5.74) is 2.28. The Kier molecular flexibility index (Phi) is 7.46. The Bertz CT molecular complexity index is 1220. The Hall–Kier alpha value is -2.74. The maximum absolute atomic E-state index is 13.4. The highest BCUT2D eigenvalue weighted by Gasteiger charge is 2.23.